The first-order valence-electron chi connectivity index (χ1n) is 9.72. The van der Waals surface area contributed by atoms with Gasteiger partial charge in [0.2, 0.25) is 16.0 Å². The third-order valence-corrected chi connectivity index (χ3v) is 8.10. The predicted molar refractivity (Wildman–Crippen MR) is 109 cm³/mol. The SMILES string of the molecule is C[C@@H]1CN(S(C)(=O)=O)CC[C@@H]1Nc1ncc(C(F)(F)F)c(-c2ncc(C3(O)CC3)s2)n1. The lowest BCUT2D eigenvalue weighted by Gasteiger charge is -2.35. The monoisotopic (exact) mass is 477 g/mol. The number of halogens is 3. The van der Waals surface area contributed by atoms with Gasteiger partial charge in [-0.1, -0.05) is 6.92 Å². The number of nitrogens with one attached hydrogen (secondary N) is 1. The minimum absolute atomic E-state index is 0.0227. The Labute approximate surface area is 181 Å². The maximum absolute atomic E-state index is 13.6. The first-order valence-corrected chi connectivity index (χ1v) is 12.4. The lowest BCUT2D eigenvalue weighted by Crippen LogP contribution is -2.47. The quantitative estimate of drug-likeness (QED) is 0.682. The van der Waals surface area contributed by atoms with Gasteiger partial charge >= 0.3 is 6.18 Å². The molecule has 0 aromatic carbocycles. The number of nitrogens with zero attached hydrogens (tertiary/aromatic N) is 4. The van der Waals surface area contributed by atoms with Gasteiger partial charge in [0.1, 0.15) is 21.9 Å². The molecule has 0 unspecified atom stereocenters. The molecule has 2 N–H and O–H groups in total. The summed E-state index contributed by atoms with van der Waals surface area (Å²) >= 11 is 0.992. The van der Waals surface area contributed by atoms with Gasteiger partial charge in [-0.05, 0) is 25.2 Å². The number of thiazole rings is 1. The van der Waals surface area contributed by atoms with E-state index in [1.54, 1.807) is 0 Å². The van der Waals surface area contributed by atoms with E-state index in [-0.39, 0.29) is 28.6 Å². The van der Waals surface area contributed by atoms with Gasteiger partial charge in [-0.3, -0.25) is 0 Å². The van der Waals surface area contributed by atoms with E-state index in [9.17, 15) is 26.7 Å². The number of piperidine rings is 1. The maximum Gasteiger partial charge on any atom is 0.420 e. The molecule has 2 atom stereocenters. The molecule has 8 nitrogen and oxygen atoms in total. The Bertz CT molecular complexity index is 1090. The van der Waals surface area contributed by atoms with Gasteiger partial charge < -0.3 is 10.4 Å². The minimum atomic E-state index is -4.66. The standard InChI is InChI=1S/C18H22F3N5O3S2/c1-10-9-26(31(2,28)29)6-3-12(10)24-16-23-7-11(18(19,20)21)14(25-16)15-22-8-13(30-15)17(27)4-5-17/h7-8,10,12,27H,3-6,9H2,1-2H3,(H,23,24,25)/t10-,12+/m1/s1. The van der Waals surface area contributed by atoms with E-state index in [0.717, 1.165) is 23.8 Å². The molecule has 1 saturated carbocycles. The topological polar surface area (TPSA) is 108 Å². The first kappa shape index (κ1) is 22.4. The molecule has 0 spiro atoms. The van der Waals surface area contributed by atoms with Crippen LogP contribution in [0.1, 0.15) is 36.6 Å². The first-order chi connectivity index (χ1) is 14.4. The molecule has 4 rings (SSSR count). The van der Waals surface area contributed by atoms with Crippen molar-refractivity contribution in [3.8, 4) is 10.7 Å². The third-order valence-electron chi connectivity index (χ3n) is 5.64. The molecule has 0 bridgehead atoms. The Morgan fingerprint density at radius 2 is 2.00 bits per heavy atom. The fourth-order valence-electron chi connectivity index (χ4n) is 3.57. The molecule has 2 aromatic heterocycles. The van der Waals surface area contributed by atoms with Crippen LogP contribution >= 0.6 is 11.3 Å². The Morgan fingerprint density at radius 1 is 1.29 bits per heavy atom. The van der Waals surface area contributed by atoms with Gasteiger partial charge in [0.05, 0.1) is 11.1 Å². The van der Waals surface area contributed by atoms with Crippen molar-refractivity contribution in [2.45, 2.75) is 44.0 Å². The highest BCUT2D eigenvalue weighted by molar-refractivity contribution is 7.88. The molecule has 31 heavy (non-hydrogen) atoms. The van der Waals surface area contributed by atoms with Crippen molar-refractivity contribution in [1.82, 2.24) is 19.3 Å². The van der Waals surface area contributed by atoms with Crippen LogP contribution in [-0.4, -0.2) is 58.2 Å². The molecule has 0 radical (unpaired) electrons. The van der Waals surface area contributed by atoms with Crippen LogP contribution in [-0.2, 0) is 21.8 Å². The van der Waals surface area contributed by atoms with Gasteiger partial charge in [-0.25, -0.2) is 27.7 Å². The number of sulfonamides is 1. The van der Waals surface area contributed by atoms with E-state index in [0.29, 0.717) is 37.2 Å². The van der Waals surface area contributed by atoms with Crippen LogP contribution < -0.4 is 5.32 Å². The number of alkyl halides is 3. The van der Waals surface area contributed by atoms with E-state index in [2.05, 4.69) is 20.3 Å². The Morgan fingerprint density at radius 3 is 2.58 bits per heavy atom. The molecule has 0 amide bonds. The lowest BCUT2D eigenvalue weighted by atomic mass is 9.95. The summed E-state index contributed by atoms with van der Waals surface area (Å²) in [7, 11) is -3.30. The Hall–Kier alpha value is -1.83. The summed E-state index contributed by atoms with van der Waals surface area (Å²) < 4.78 is 65.6. The second-order valence-corrected chi connectivity index (χ2v) is 11.2. The largest absolute Gasteiger partial charge is 0.420 e. The van der Waals surface area contributed by atoms with E-state index in [1.165, 1.54) is 10.5 Å². The Balaban J connectivity index is 1.60. The smallest absolute Gasteiger partial charge is 0.384 e. The van der Waals surface area contributed by atoms with Gasteiger partial charge in [0, 0.05) is 31.5 Å². The van der Waals surface area contributed by atoms with E-state index in [4.69, 9.17) is 0 Å². The van der Waals surface area contributed by atoms with Crippen molar-refractivity contribution in [2.75, 3.05) is 24.7 Å². The van der Waals surface area contributed by atoms with Crippen LogP contribution in [0, 0.1) is 5.92 Å². The summed E-state index contributed by atoms with van der Waals surface area (Å²) in [5.74, 6) is -0.0667. The summed E-state index contributed by atoms with van der Waals surface area (Å²) in [5.41, 5.74) is -2.33. The van der Waals surface area contributed by atoms with Gasteiger partial charge in [0.25, 0.3) is 0 Å². The van der Waals surface area contributed by atoms with Crippen LogP contribution in [0.25, 0.3) is 10.7 Å². The van der Waals surface area contributed by atoms with Gasteiger partial charge in [-0.2, -0.15) is 13.2 Å². The van der Waals surface area contributed by atoms with E-state index < -0.39 is 27.4 Å². The molecule has 3 heterocycles. The highest BCUT2D eigenvalue weighted by Gasteiger charge is 2.44. The van der Waals surface area contributed by atoms with Crippen LogP contribution in [0.5, 0.6) is 0 Å². The molecule has 1 aliphatic carbocycles. The third kappa shape index (κ3) is 4.69. The number of rotatable bonds is 5. The summed E-state index contributed by atoms with van der Waals surface area (Å²) in [6, 6.07) is -0.193. The molecule has 13 heteroatoms. The van der Waals surface area contributed by atoms with Crippen LogP contribution in [0.15, 0.2) is 12.4 Å². The molecule has 1 saturated heterocycles. The average Bonchev–Trinajstić information content (AvgIpc) is 3.22. The van der Waals surface area contributed by atoms with Crippen LogP contribution in [0.4, 0.5) is 19.1 Å². The maximum atomic E-state index is 13.6. The van der Waals surface area contributed by atoms with Crippen molar-refractivity contribution in [3.05, 3.63) is 22.8 Å². The van der Waals surface area contributed by atoms with Crippen molar-refractivity contribution in [3.63, 3.8) is 0 Å². The fourth-order valence-corrected chi connectivity index (χ4v) is 5.58. The van der Waals surface area contributed by atoms with Crippen LogP contribution in [0.2, 0.25) is 0 Å². The molecule has 170 valence electrons. The summed E-state index contributed by atoms with van der Waals surface area (Å²) in [6.45, 7) is 2.48. The zero-order valence-corrected chi connectivity index (χ0v) is 18.5. The number of hydrogen-bond acceptors (Lipinski definition) is 8. The van der Waals surface area contributed by atoms with Crippen molar-refractivity contribution >= 4 is 27.3 Å². The molecule has 2 aliphatic rings. The van der Waals surface area contributed by atoms with Crippen molar-refractivity contribution < 1.29 is 26.7 Å². The second kappa shape index (κ2) is 7.64. The van der Waals surface area contributed by atoms with Crippen molar-refractivity contribution in [2.24, 2.45) is 5.92 Å². The van der Waals surface area contributed by atoms with E-state index in [1.807, 2.05) is 6.92 Å². The fraction of sp³-hybridized carbons (Fsp3) is 0.611. The second-order valence-electron chi connectivity index (χ2n) is 8.15. The predicted octanol–water partition coefficient (Wildman–Crippen LogP) is 2.68. The van der Waals surface area contributed by atoms with E-state index >= 15 is 0 Å². The molecule has 1 aliphatic heterocycles. The zero-order valence-electron chi connectivity index (χ0n) is 16.8. The Kier molecular flexibility index (Phi) is 5.51. The molecular formula is C18H22F3N5O3S2. The number of anilines is 1. The lowest BCUT2D eigenvalue weighted by molar-refractivity contribution is -0.137. The summed E-state index contributed by atoms with van der Waals surface area (Å²) in [5, 5.41) is 13.3. The number of aromatic nitrogens is 3. The number of aliphatic hydroxyl groups is 1. The highest BCUT2D eigenvalue weighted by Crippen LogP contribution is 2.49. The summed E-state index contributed by atoms with van der Waals surface area (Å²) in [6.07, 6.45) is 0.202. The van der Waals surface area contributed by atoms with Gasteiger partial charge in [-0.15, -0.1) is 11.3 Å². The normalized spacial score (nSPS) is 24.2. The average molecular weight is 478 g/mol. The van der Waals surface area contributed by atoms with Gasteiger partial charge in [0.15, 0.2) is 0 Å². The minimum Gasteiger partial charge on any atom is -0.384 e. The van der Waals surface area contributed by atoms with Crippen molar-refractivity contribution in [1.29, 1.82) is 0 Å². The highest BCUT2D eigenvalue weighted by atomic mass is 32.2. The molecular weight excluding hydrogens is 455 g/mol. The zero-order chi connectivity index (χ0) is 22.6. The molecule has 2 fully saturated rings. The number of hydrogen-bond donors (Lipinski definition) is 2. The molecule has 2 aromatic rings. The van der Waals surface area contributed by atoms with Crippen LogP contribution in [0.3, 0.4) is 0 Å². The summed E-state index contributed by atoms with van der Waals surface area (Å²) in [4.78, 5) is 12.6.